The van der Waals surface area contributed by atoms with E-state index in [9.17, 15) is 22.8 Å². The number of piperidine rings is 1. The number of halogens is 4. The molecule has 0 aliphatic carbocycles. The van der Waals surface area contributed by atoms with Crippen LogP contribution < -0.4 is 10.1 Å². The number of rotatable bonds is 7. The van der Waals surface area contributed by atoms with Crippen LogP contribution in [0.4, 0.5) is 18.0 Å². The maximum atomic E-state index is 13.1. The van der Waals surface area contributed by atoms with Crippen molar-refractivity contribution in [2.24, 2.45) is 0 Å². The summed E-state index contributed by atoms with van der Waals surface area (Å²) in [5, 5.41) is 11.7. The molecule has 0 bridgehead atoms. The number of carbonyl (C=O) groups excluding carboxylic acids is 2. The number of hydrogen-bond donors (Lipinski definition) is 1. The first kappa shape index (κ1) is 29.3. The molecule has 3 heterocycles. The Morgan fingerprint density at radius 3 is 2.65 bits per heavy atom. The fraction of sp³-hybridized carbons (Fsp3) is 0.480. The van der Waals surface area contributed by atoms with Crippen LogP contribution in [0.3, 0.4) is 0 Å². The Bertz CT molecular complexity index is 1360. The SMILES string of the molecule is CC(C)(C)OC(=O)N1C[C@@H](NC(=O)c2cnc3ccc(Cl)cc3c2)CC[C@@H]1c1nnc(OCCOC(F)(F)F)o1. The lowest BCUT2D eigenvalue weighted by atomic mass is 9.98. The molecule has 0 saturated carbocycles. The van der Waals surface area contributed by atoms with Crippen LogP contribution in [0.15, 0.2) is 34.9 Å². The Morgan fingerprint density at radius 1 is 1.15 bits per heavy atom. The zero-order valence-electron chi connectivity index (χ0n) is 21.8. The molecule has 1 N–H and O–H groups in total. The number of carbonyl (C=O) groups is 2. The minimum absolute atomic E-state index is 0.0120. The molecule has 1 aliphatic rings. The summed E-state index contributed by atoms with van der Waals surface area (Å²) in [6.45, 7) is 3.95. The number of likely N-dealkylation sites (tertiary alicyclic amines) is 1. The van der Waals surface area contributed by atoms with E-state index in [-0.39, 0.29) is 24.4 Å². The highest BCUT2D eigenvalue weighted by molar-refractivity contribution is 6.31. The maximum absolute atomic E-state index is 13.1. The van der Waals surface area contributed by atoms with Crippen LogP contribution in [0.1, 0.15) is 55.9 Å². The molecule has 0 spiro atoms. The number of amides is 2. The number of alkyl halides is 3. The Kier molecular flexibility index (Phi) is 8.68. The van der Waals surface area contributed by atoms with Gasteiger partial charge in [-0.1, -0.05) is 16.7 Å². The number of benzene rings is 1. The number of hydrogen-bond acceptors (Lipinski definition) is 9. The fourth-order valence-electron chi connectivity index (χ4n) is 4.06. The number of nitrogens with zero attached hydrogens (tertiary/aromatic N) is 4. The van der Waals surface area contributed by atoms with Crippen LogP contribution in [-0.4, -0.2) is 69.8 Å². The third-order valence-electron chi connectivity index (χ3n) is 5.73. The van der Waals surface area contributed by atoms with E-state index in [2.05, 4.69) is 25.2 Å². The van der Waals surface area contributed by atoms with Gasteiger partial charge in [0.2, 0.25) is 5.89 Å². The zero-order chi connectivity index (χ0) is 29.1. The predicted octanol–water partition coefficient (Wildman–Crippen LogP) is 5.06. The van der Waals surface area contributed by atoms with E-state index in [1.54, 1.807) is 45.0 Å². The van der Waals surface area contributed by atoms with Crippen molar-refractivity contribution in [2.75, 3.05) is 19.8 Å². The summed E-state index contributed by atoms with van der Waals surface area (Å²) < 4.78 is 56.1. The molecular weight excluding hydrogens is 559 g/mol. The van der Waals surface area contributed by atoms with Gasteiger partial charge in [-0.25, -0.2) is 4.79 Å². The second kappa shape index (κ2) is 11.8. The Balaban J connectivity index is 1.45. The summed E-state index contributed by atoms with van der Waals surface area (Å²) in [6.07, 6.45) is -3.61. The first-order chi connectivity index (χ1) is 18.8. The van der Waals surface area contributed by atoms with Crippen LogP contribution >= 0.6 is 11.6 Å². The van der Waals surface area contributed by atoms with Crippen LogP contribution in [0, 0.1) is 0 Å². The summed E-state index contributed by atoms with van der Waals surface area (Å²) in [5.74, 6) is -0.366. The van der Waals surface area contributed by atoms with Crippen LogP contribution in [-0.2, 0) is 9.47 Å². The lowest BCUT2D eigenvalue weighted by Gasteiger charge is -2.38. The molecular formula is C25H27ClF3N5O6. The number of pyridine rings is 1. The van der Waals surface area contributed by atoms with Crippen molar-refractivity contribution in [2.45, 2.75) is 57.7 Å². The largest absolute Gasteiger partial charge is 0.522 e. The average Bonchev–Trinajstić information content (AvgIpc) is 3.33. The van der Waals surface area contributed by atoms with Crippen LogP contribution in [0.2, 0.25) is 5.02 Å². The molecule has 40 heavy (non-hydrogen) atoms. The van der Waals surface area contributed by atoms with Crippen molar-refractivity contribution in [1.29, 1.82) is 0 Å². The quantitative estimate of drug-likeness (QED) is 0.378. The molecule has 15 heteroatoms. The van der Waals surface area contributed by atoms with E-state index >= 15 is 0 Å². The van der Waals surface area contributed by atoms with Gasteiger partial charge < -0.3 is 19.2 Å². The molecule has 2 aromatic heterocycles. The Labute approximate surface area is 231 Å². The van der Waals surface area contributed by atoms with E-state index in [0.717, 1.165) is 0 Å². The highest BCUT2D eigenvalue weighted by Crippen LogP contribution is 2.33. The summed E-state index contributed by atoms with van der Waals surface area (Å²) in [7, 11) is 0. The van der Waals surface area contributed by atoms with Gasteiger partial charge in [-0.3, -0.25) is 19.4 Å². The fourth-order valence-corrected chi connectivity index (χ4v) is 4.24. The van der Waals surface area contributed by atoms with Crippen molar-refractivity contribution in [1.82, 2.24) is 25.4 Å². The normalized spacial score (nSPS) is 18.0. The molecule has 1 aromatic carbocycles. The Morgan fingerprint density at radius 2 is 1.93 bits per heavy atom. The summed E-state index contributed by atoms with van der Waals surface area (Å²) >= 11 is 6.06. The predicted molar refractivity (Wildman–Crippen MR) is 135 cm³/mol. The molecule has 4 rings (SSSR count). The molecule has 2 amide bonds. The zero-order valence-corrected chi connectivity index (χ0v) is 22.6. The van der Waals surface area contributed by atoms with Crippen molar-refractivity contribution < 1.29 is 41.4 Å². The van der Waals surface area contributed by atoms with Crippen molar-refractivity contribution in [3.63, 3.8) is 0 Å². The third kappa shape index (κ3) is 7.94. The van der Waals surface area contributed by atoms with E-state index in [0.29, 0.717) is 34.3 Å². The van der Waals surface area contributed by atoms with Gasteiger partial charge in [0.15, 0.2) is 0 Å². The number of fused-ring (bicyclic) bond motifs is 1. The summed E-state index contributed by atoms with van der Waals surface area (Å²) in [4.78, 5) is 31.8. The first-order valence-electron chi connectivity index (χ1n) is 12.3. The van der Waals surface area contributed by atoms with Crippen molar-refractivity contribution >= 4 is 34.5 Å². The molecule has 11 nitrogen and oxygen atoms in total. The van der Waals surface area contributed by atoms with Gasteiger partial charge in [-0.05, 0) is 57.9 Å². The number of aromatic nitrogens is 3. The first-order valence-corrected chi connectivity index (χ1v) is 12.7. The van der Waals surface area contributed by atoms with Gasteiger partial charge in [0.25, 0.3) is 5.91 Å². The molecule has 3 aromatic rings. The van der Waals surface area contributed by atoms with E-state index < -0.39 is 43.4 Å². The standard InChI is InChI=1S/C25H27ClF3N5O6/c1-24(2,3)40-23(36)34-13-17(31-20(35)15-10-14-11-16(26)4-6-18(14)30-12-15)5-7-19(34)21-32-33-22(39-21)37-8-9-38-25(27,28)29/h4,6,10-12,17,19H,5,7-9,13H2,1-3H3,(H,31,35)/t17-,19+/m0/s1. The monoisotopic (exact) mass is 585 g/mol. The number of nitrogens with one attached hydrogen (secondary N) is 1. The van der Waals surface area contributed by atoms with Crippen LogP contribution in [0.25, 0.3) is 10.9 Å². The Hall–Kier alpha value is -3.65. The van der Waals surface area contributed by atoms with Gasteiger partial charge >= 0.3 is 18.5 Å². The van der Waals surface area contributed by atoms with Gasteiger partial charge in [0.1, 0.15) is 18.2 Å². The molecule has 2 atom stereocenters. The third-order valence-corrected chi connectivity index (χ3v) is 5.97. The highest BCUT2D eigenvalue weighted by Gasteiger charge is 2.39. The van der Waals surface area contributed by atoms with E-state index in [4.69, 9.17) is 25.5 Å². The van der Waals surface area contributed by atoms with Gasteiger partial charge in [0, 0.05) is 29.2 Å². The van der Waals surface area contributed by atoms with E-state index in [1.165, 1.54) is 11.1 Å². The molecule has 1 aliphatic heterocycles. The highest BCUT2D eigenvalue weighted by atomic mass is 35.5. The molecule has 0 unspecified atom stereocenters. The minimum Gasteiger partial charge on any atom is -0.447 e. The summed E-state index contributed by atoms with van der Waals surface area (Å²) in [6, 6.07) is 5.70. The van der Waals surface area contributed by atoms with Crippen molar-refractivity contribution in [3.05, 3.63) is 46.9 Å². The van der Waals surface area contributed by atoms with Gasteiger partial charge in [-0.15, -0.1) is 18.3 Å². The molecule has 1 saturated heterocycles. The smallest absolute Gasteiger partial charge is 0.447 e. The second-order valence-corrected chi connectivity index (χ2v) is 10.4. The molecule has 0 radical (unpaired) electrons. The molecule has 1 fully saturated rings. The molecule has 216 valence electrons. The van der Waals surface area contributed by atoms with E-state index in [1.807, 2.05) is 0 Å². The van der Waals surface area contributed by atoms with Gasteiger partial charge in [-0.2, -0.15) is 0 Å². The lowest BCUT2D eigenvalue weighted by Crippen LogP contribution is -2.52. The van der Waals surface area contributed by atoms with Crippen molar-refractivity contribution in [3.8, 4) is 6.08 Å². The average molecular weight is 586 g/mol. The number of ether oxygens (including phenoxy) is 3. The minimum atomic E-state index is -4.79. The van der Waals surface area contributed by atoms with Gasteiger partial charge in [0.05, 0.1) is 17.7 Å². The maximum Gasteiger partial charge on any atom is 0.522 e. The summed E-state index contributed by atoms with van der Waals surface area (Å²) in [5.41, 5.74) is 0.208. The van der Waals surface area contributed by atoms with Crippen LogP contribution in [0.5, 0.6) is 6.08 Å². The topological polar surface area (TPSA) is 129 Å². The lowest BCUT2D eigenvalue weighted by molar-refractivity contribution is -0.325. The second-order valence-electron chi connectivity index (χ2n) is 10.0.